The van der Waals surface area contributed by atoms with E-state index >= 15 is 0 Å². The smallest absolute Gasteiger partial charge is 0.122 e. The van der Waals surface area contributed by atoms with Crippen molar-refractivity contribution in [1.82, 2.24) is 0 Å². The molecular formula is C6H11NO2. The minimum atomic E-state index is 0.0503. The first-order valence-corrected chi connectivity index (χ1v) is 3.29. The summed E-state index contributed by atoms with van der Waals surface area (Å²) < 4.78 is 5.24. The SMILES string of the molecule is CC1CC(ON)C12CO2. The third-order valence-corrected chi connectivity index (χ3v) is 2.59. The predicted octanol–water partition coefficient (Wildman–Crippen LogP) is 0.0541. The molecule has 3 nitrogen and oxygen atoms in total. The standard InChI is InChI=1S/C6H11NO2/c1-4-2-5(9-7)6(4)3-8-6/h4-5H,2-3,7H2,1H3. The summed E-state index contributed by atoms with van der Waals surface area (Å²) in [5, 5.41) is 0. The zero-order chi connectivity index (χ0) is 6.48. The molecule has 0 aromatic carbocycles. The second-order valence-electron chi connectivity index (χ2n) is 3.01. The maximum atomic E-state index is 5.24. The fourth-order valence-corrected chi connectivity index (χ4v) is 1.60. The minimum absolute atomic E-state index is 0.0503. The first-order valence-electron chi connectivity index (χ1n) is 3.29. The molecule has 2 N–H and O–H groups in total. The van der Waals surface area contributed by atoms with Crippen molar-refractivity contribution in [2.75, 3.05) is 6.61 Å². The van der Waals surface area contributed by atoms with E-state index in [4.69, 9.17) is 15.5 Å². The molecule has 1 heterocycles. The van der Waals surface area contributed by atoms with Crippen LogP contribution >= 0.6 is 0 Å². The molecule has 1 aliphatic carbocycles. The van der Waals surface area contributed by atoms with Crippen molar-refractivity contribution in [3.63, 3.8) is 0 Å². The van der Waals surface area contributed by atoms with Gasteiger partial charge < -0.3 is 4.74 Å². The molecule has 2 fully saturated rings. The van der Waals surface area contributed by atoms with Gasteiger partial charge in [-0.1, -0.05) is 6.92 Å². The number of rotatable bonds is 1. The van der Waals surface area contributed by atoms with E-state index < -0.39 is 0 Å². The second-order valence-corrected chi connectivity index (χ2v) is 3.01. The van der Waals surface area contributed by atoms with Crippen LogP contribution in [0.2, 0.25) is 0 Å². The van der Waals surface area contributed by atoms with Crippen LogP contribution in [0.1, 0.15) is 13.3 Å². The van der Waals surface area contributed by atoms with Gasteiger partial charge in [-0.3, -0.25) is 4.84 Å². The van der Waals surface area contributed by atoms with E-state index in [9.17, 15) is 0 Å². The molecule has 0 aromatic heterocycles. The normalized spacial score (nSPS) is 55.3. The maximum Gasteiger partial charge on any atom is 0.122 e. The van der Waals surface area contributed by atoms with Gasteiger partial charge in [0.25, 0.3) is 0 Å². The Balaban J connectivity index is 2.02. The minimum Gasteiger partial charge on any atom is -0.366 e. The van der Waals surface area contributed by atoms with Gasteiger partial charge in [-0.15, -0.1) is 0 Å². The van der Waals surface area contributed by atoms with Crippen molar-refractivity contribution in [2.45, 2.75) is 25.0 Å². The summed E-state index contributed by atoms with van der Waals surface area (Å²) in [6, 6.07) is 0. The summed E-state index contributed by atoms with van der Waals surface area (Å²) in [6.07, 6.45) is 1.23. The molecule has 1 spiro atoms. The lowest BCUT2D eigenvalue weighted by molar-refractivity contribution is -0.0994. The number of hydrogen-bond donors (Lipinski definition) is 1. The summed E-state index contributed by atoms with van der Waals surface area (Å²) >= 11 is 0. The first-order chi connectivity index (χ1) is 4.29. The molecule has 52 valence electrons. The molecule has 3 unspecified atom stereocenters. The summed E-state index contributed by atoms with van der Waals surface area (Å²) in [4.78, 5) is 4.71. The fourth-order valence-electron chi connectivity index (χ4n) is 1.60. The Morgan fingerprint density at radius 3 is 2.67 bits per heavy atom. The third kappa shape index (κ3) is 0.520. The molecule has 3 atom stereocenters. The Kier molecular flexibility index (Phi) is 0.928. The van der Waals surface area contributed by atoms with Crippen molar-refractivity contribution < 1.29 is 9.57 Å². The lowest BCUT2D eigenvalue weighted by Gasteiger charge is -2.38. The van der Waals surface area contributed by atoms with Crippen molar-refractivity contribution in [3.05, 3.63) is 0 Å². The van der Waals surface area contributed by atoms with Gasteiger partial charge in [-0.25, -0.2) is 5.90 Å². The number of hydrogen-bond acceptors (Lipinski definition) is 3. The van der Waals surface area contributed by atoms with Crippen molar-refractivity contribution in [1.29, 1.82) is 0 Å². The van der Waals surface area contributed by atoms with Gasteiger partial charge in [-0.2, -0.15) is 0 Å². The van der Waals surface area contributed by atoms with E-state index in [2.05, 4.69) is 6.92 Å². The second kappa shape index (κ2) is 1.48. The molecule has 3 heteroatoms. The van der Waals surface area contributed by atoms with E-state index in [-0.39, 0.29) is 11.7 Å². The van der Waals surface area contributed by atoms with Gasteiger partial charge in [0, 0.05) is 0 Å². The van der Waals surface area contributed by atoms with E-state index in [1.165, 1.54) is 0 Å². The average Bonchev–Trinajstić information content (AvgIpc) is 2.61. The van der Waals surface area contributed by atoms with Crippen LogP contribution in [0.5, 0.6) is 0 Å². The highest BCUT2D eigenvalue weighted by Gasteiger charge is 2.64. The Labute approximate surface area is 54.1 Å². The highest BCUT2D eigenvalue weighted by molar-refractivity contribution is 5.12. The largest absolute Gasteiger partial charge is 0.366 e. The molecule has 1 aliphatic heterocycles. The van der Waals surface area contributed by atoms with Gasteiger partial charge in [0.1, 0.15) is 11.7 Å². The van der Waals surface area contributed by atoms with Gasteiger partial charge >= 0.3 is 0 Å². The summed E-state index contributed by atoms with van der Waals surface area (Å²) in [7, 11) is 0. The molecule has 0 aromatic rings. The quantitative estimate of drug-likeness (QED) is 0.402. The van der Waals surface area contributed by atoms with Crippen LogP contribution in [0, 0.1) is 5.92 Å². The summed E-state index contributed by atoms with van der Waals surface area (Å²) in [5.41, 5.74) is 0.0503. The molecule has 0 bridgehead atoms. The van der Waals surface area contributed by atoms with E-state index in [0.29, 0.717) is 5.92 Å². The average molecular weight is 129 g/mol. The fraction of sp³-hybridized carbons (Fsp3) is 1.00. The maximum absolute atomic E-state index is 5.24. The van der Waals surface area contributed by atoms with Gasteiger partial charge in [0.05, 0.1) is 6.61 Å². The molecule has 2 aliphatic rings. The zero-order valence-electron chi connectivity index (χ0n) is 5.46. The molecular weight excluding hydrogens is 118 g/mol. The van der Waals surface area contributed by atoms with E-state index in [1.807, 2.05) is 0 Å². The topological polar surface area (TPSA) is 47.8 Å². The molecule has 0 amide bonds. The zero-order valence-corrected chi connectivity index (χ0v) is 5.46. The monoisotopic (exact) mass is 129 g/mol. The van der Waals surface area contributed by atoms with Crippen LogP contribution in [0.15, 0.2) is 0 Å². The van der Waals surface area contributed by atoms with Crippen LogP contribution in [-0.2, 0) is 9.57 Å². The van der Waals surface area contributed by atoms with Crippen LogP contribution in [0.25, 0.3) is 0 Å². The highest BCUT2D eigenvalue weighted by Crippen LogP contribution is 2.51. The molecule has 9 heavy (non-hydrogen) atoms. The number of nitrogens with two attached hydrogens (primary N) is 1. The summed E-state index contributed by atoms with van der Waals surface area (Å²) in [5.74, 6) is 5.68. The Morgan fingerprint density at radius 1 is 1.78 bits per heavy atom. The van der Waals surface area contributed by atoms with Crippen LogP contribution in [0.4, 0.5) is 0 Å². The molecule has 1 saturated heterocycles. The van der Waals surface area contributed by atoms with Crippen LogP contribution in [0.3, 0.4) is 0 Å². The van der Waals surface area contributed by atoms with Crippen LogP contribution < -0.4 is 5.90 Å². The highest BCUT2D eigenvalue weighted by atomic mass is 16.7. The van der Waals surface area contributed by atoms with E-state index in [1.54, 1.807) is 0 Å². The molecule has 1 saturated carbocycles. The Morgan fingerprint density at radius 2 is 2.44 bits per heavy atom. The lowest BCUT2D eigenvalue weighted by atomic mass is 9.72. The van der Waals surface area contributed by atoms with Gasteiger partial charge in [-0.05, 0) is 12.3 Å². The Bertz CT molecular complexity index is 133. The third-order valence-electron chi connectivity index (χ3n) is 2.59. The van der Waals surface area contributed by atoms with Crippen LogP contribution in [-0.4, -0.2) is 18.3 Å². The van der Waals surface area contributed by atoms with E-state index in [0.717, 1.165) is 13.0 Å². The molecule has 0 radical (unpaired) electrons. The van der Waals surface area contributed by atoms with Crippen molar-refractivity contribution >= 4 is 0 Å². The van der Waals surface area contributed by atoms with Crippen molar-refractivity contribution in [2.24, 2.45) is 11.8 Å². The lowest BCUT2D eigenvalue weighted by Crippen LogP contribution is -2.51. The van der Waals surface area contributed by atoms with Gasteiger partial charge in [0.2, 0.25) is 0 Å². The number of ether oxygens (including phenoxy) is 1. The molecule has 2 rings (SSSR count). The first kappa shape index (κ1) is 5.65. The van der Waals surface area contributed by atoms with Gasteiger partial charge in [0.15, 0.2) is 0 Å². The summed E-state index contributed by atoms with van der Waals surface area (Å²) in [6.45, 7) is 3.01. The van der Waals surface area contributed by atoms with Crippen molar-refractivity contribution in [3.8, 4) is 0 Å². The Hall–Kier alpha value is -0.120. The predicted molar refractivity (Wildman–Crippen MR) is 31.5 cm³/mol. The number of epoxide rings is 1.